The Kier molecular flexibility index (Phi) is 6.61. The molecule has 0 aliphatic carbocycles. The lowest BCUT2D eigenvalue weighted by Gasteiger charge is -2.29. The number of nitriles is 1. The zero-order valence-electron chi connectivity index (χ0n) is 24.8. The SMILES string of the molecule is CC1(C)C(/C(C#N)=C2/N(CCC(=O)O)c3ccc4ccccc4c3C2(C)C)=[N+](CCC(=O)O)c2ccc3ccccc3c21. The maximum absolute atomic E-state index is 11.8. The normalized spacial score (nSPS) is 17.6. The number of aliphatic carboxylic acids is 2. The number of fused-ring (bicyclic) bond motifs is 6. The smallest absolute Gasteiger partial charge is 0.309 e. The van der Waals surface area contributed by atoms with Crippen LogP contribution < -0.4 is 4.90 Å². The molecular weight excluding hydrogens is 538 g/mol. The van der Waals surface area contributed by atoms with Crippen LogP contribution in [0.4, 0.5) is 11.4 Å². The average molecular weight is 573 g/mol. The second-order valence-corrected chi connectivity index (χ2v) is 12.4. The van der Waals surface area contributed by atoms with Crippen molar-refractivity contribution in [3.63, 3.8) is 0 Å². The van der Waals surface area contributed by atoms with Gasteiger partial charge >= 0.3 is 11.9 Å². The molecule has 0 bridgehead atoms. The zero-order valence-corrected chi connectivity index (χ0v) is 24.8. The quantitative estimate of drug-likeness (QED) is 0.185. The minimum atomic E-state index is -0.916. The minimum Gasteiger partial charge on any atom is -0.481 e. The summed E-state index contributed by atoms with van der Waals surface area (Å²) in [6.45, 7) is 8.78. The Hall–Kier alpha value is -4.96. The lowest BCUT2D eigenvalue weighted by Crippen LogP contribution is -2.37. The third-order valence-corrected chi connectivity index (χ3v) is 9.05. The fraction of sp³-hybridized carbons (Fsp3) is 0.278. The van der Waals surface area contributed by atoms with Crippen LogP contribution in [0, 0.1) is 11.3 Å². The molecule has 0 fully saturated rings. The lowest BCUT2D eigenvalue weighted by molar-refractivity contribution is -0.437. The van der Waals surface area contributed by atoms with E-state index >= 15 is 0 Å². The fourth-order valence-corrected chi connectivity index (χ4v) is 7.43. The van der Waals surface area contributed by atoms with E-state index in [0.29, 0.717) is 5.57 Å². The molecule has 0 unspecified atom stereocenters. The van der Waals surface area contributed by atoms with Gasteiger partial charge in [0.1, 0.15) is 18.1 Å². The molecule has 0 saturated heterocycles. The van der Waals surface area contributed by atoms with E-state index in [9.17, 15) is 25.1 Å². The van der Waals surface area contributed by atoms with E-state index < -0.39 is 22.8 Å². The molecule has 0 radical (unpaired) electrons. The Labute approximate surface area is 250 Å². The first-order chi connectivity index (χ1) is 20.5. The van der Waals surface area contributed by atoms with Gasteiger partial charge in [0.2, 0.25) is 11.4 Å². The van der Waals surface area contributed by atoms with Crippen molar-refractivity contribution in [3.05, 3.63) is 95.2 Å². The molecule has 43 heavy (non-hydrogen) atoms. The summed E-state index contributed by atoms with van der Waals surface area (Å²) in [5, 5.41) is 34.8. The molecule has 0 saturated carbocycles. The second kappa shape index (κ2) is 10.1. The van der Waals surface area contributed by atoms with Gasteiger partial charge in [-0.1, -0.05) is 68.4 Å². The molecule has 2 N–H and O–H groups in total. The number of allylic oxidation sites excluding steroid dienone is 2. The van der Waals surface area contributed by atoms with Crippen molar-refractivity contribution in [1.29, 1.82) is 5.26 Å². The van der Waals surface area contributed by atoms with E-state index in [2.05, 4.69) is 58.0 Å². The summed E-state index contributed by atoms with van der Waals surface area (Å²) < 4.78 is 2.01. The third kappa shape index (κ3) is 4.28. The van der Waals surface area contributed by atoms with Crippen LogP contribution in [0.3, 0.4) is 0 Å². The van der Waals surface area contributed by atoms with E-state index in [-0.39, 0.29) is 25.9 Å². The maximum atomic E-state index is 11.8. The Bertz CT molecular complexity index is 1960. The van der Waals surface area contributed by atoms with Crippen LogP contribution in [0.25, 0.3) is 21.5 Å². The van der Waals surface area contributed by atoms with Crippen LogP contribution in [0.2, 0.25) is 0 Å². The van der Waals surface area contributed by atoms with E-state index in [1.165, 1.54) is 0 Å². The van der Waals surface area contributed by atoms with Crippen LogP contribution >= 0.6 is 0 Å². The second-order valence-electron chi connectivity index (χ2n) is 12.4. The van der Waals surface area contributed by atoms with Crippen LogP contribution in [-0.2, 0) is 20.4 Å². The first-order valence-corrected chi connectivity index (χ1v) is 14.5. The van der Waals surface area contributed by atoms with Crippen molar-refractivity contribution in [2.75, 3.05) is 18.0 Å². The van der Waals surface area contributed by atoms with Crippen LogP contribution in [0.5, 0.6) is 0 Å². The van der Waals surface area contributed by atoms with Gasteiger partial charge in [-0.05, 0) is 53.1 Å². The number of nitrogens with zero attached hydrogens (tertiary/aromatic N) is 3. The summed E-state index contributed by atoms with van der Waals surface area (Å²) in [6.07, 6.45) is -0.201. The van der Waals surface area contributed by atoms with Gasteiger partial charge in [0.15, 0.2) is 6.54 Å². The van der Waals surface area contributed by atoms with E-state index in [4.69, 9.17) is 0 Å². The molecular formula is C36H34N3O4+. The van der Waals surface area contributed by atoms with Gasteiger partial charge in [-0.3, -0.25) is 9.59 Å². The van der Waals surface area contributed by atoms with Crippen LogP contribution in [-0.4, -0.2) is 45.5 Å². The molecule has 4 aromatic rings. The third-order valence-electron chi connectivity index (χ3n) is 9.05. The minimum absolute atomic E-state index is 0.100. The number of hydrogen-bond donors (Lipinski definition) is 2. The molecule has 4 aromatic carbocycles. The first kappa shape index (κ1) is 28.2. The molecule has 6 rings (SSSR count). The molecule has 7 nitrogen and oxygen atoms in total. The molecule has 0 atom stereocenters. The predicted octanol–water partition coefficient (Wildman–Crippen LogP) is 6.89. The average Bonchev–Trinajstić information content (AvgIpc) is 3.35. The highest BCUT2D eigenvalue weighted by atomic mass is 16.4. The van der Waals surface area contributed by atoms with Gasteiger partial charge in [-0.25, -0.2) is 0 Å². The number of carbonyl (C=O) groups is 2. The molecule has 0 aromatic heterocycles. The number of anilines is 1. The maximum Gasteiger partial charge on any atom is 0.309 e. The highest BCUT2D eigenvalue weighted by Crippen LogP contribution is 2.54. The summed E-state index contributed by atoms with van der Waals surface area (Å²) >= 11 is 0. The number of carboxylic acid groups (broad SMARTS) is 2. The first-order valence-electron chi connectivity index (χ1n) is 14.5. The molecule has 7 heteroatoms. The number of rotatable bonds is 7. The summed E-state index contributed by atoms with van der Waals surface area (Å²) in [6, 6.07) is 27.0. The van der Waals surface area contributed by atoms with Gasteiger partial charge in [0.25, 0.3) is 0 Å². The zero-order chi connectivity index (χ0) is 30.7. The number of carboxylic acids is 2. The van der Waals surface area contributed by atoms with E-state index in [0.717, 1.165) is 55.5 Å². The molecule has 2 aliphatic heterocycles. The van der Waals surface area contributed by atoms with Crippen molar-refractivity contribution in [3.8, 4) is 6.07 Å². The van der Waals surface area contributed by atoms with Gasteiger partial charge in [-0.15, -0.1) is 0 Å². The summed E-state index contributed by atoms with van der Waals surface area (Å²) in [7, 11) is 0. The molecule has 2 heterocycles. The highest BCUT2D eigenvalue weighted by molar-refractivity contribution is 6.14. The van der Waals surface area contributed by atoms with Gasteiger partial charge < -0.3 is 15.1 Å². The van der Waals surface area contributed by atoms with Crippen molar-refractivity contribution < 1.29 is 24.4 Å². The number of benzene rings is 4. The van der Waals surface area contributed by atoms with Crippen molar-refractivity contribution >= 4 is 50.6 Å². The standard InChI is InChI=1S/C36H33N3O4/c1-35(2)31-24-11-7-5-9-22(24)13-15-27(31)38(19-17-29(40)41)33(35)26(21-37)34-36(3,4)32-25-12-8-6-10-23(25)14-16-28(32)39(34)20-18-30(42)43/h5-16H,17-20H2,1-4H3,(H-,40,41,42,43)/p+1. The molecule has 0 amide bonds. The largest absolute Gasteiger partial charge is 0.481 e. The Morgan fingerprint density at radius 1 is 0.791 bits per heavy atom. The molecule has 0 spiro atoms. The van der Waals surface area contributed by atoms with Crippen molar-refractivity contribution in [1.82, 2.24) is 0 Å². The van der Waals surface area contributed by atoms with Crippen LogP contribution in [0.15, 0.2) is 84.1 Å². The van der Waals surface area contributed by atoms with Crippen molar-refractivity contribution in [2.24, 2.45) is 0 Å². The van der Waals surface area contributed by atoms with E-state index in [1.54, 1.807) is 0 Å². The Morgan fingerprint density at radius 2 is 1.37 bits per heavy atom. The van der Waals surface area contributed by atoms with Crippen LogP contribution in [0.1, 0.15) is 51.7 Å². The van der Waals surface area contributed by atoms with E-state index in [1.807, 2.05) is 58.0 Å². The monoisotopic (exact) mass is 572 g/mol. The summed E-state index contributed by atoms with van der Waals surface area (Å²) in [5.41, 5.74) is 4.51. The van der Waals surface area contributed by atoms with Crippen molar-refractivity contribution in [2.45, 2.75) is 51.4 Å². The van der Waals surface area contributed by atoms with Gasteiger partial charge in [0.05, 0.1) is 17.5 Å². The topological polar surface area (TPSA) is 105 Å². The summed E-state index contributed by atoms with van der Waals surface area (Å²) in [5.74, 6) is -1.83. The highest BCUT2D eigenvalue weighted by Gasteiger charge is 2.53. The van der Waals surface area contributed by atoms with Gasteiger partial charge in [-0.2, -0.15) is 9.84 Å². The number of hydrogen-bond acceptors (Lipinski definition) is 4. The Morgan fingerprint density at radius 3 is 1.98 bits per heavy atom. The predicted molar refractivity (Wildman–Crippen MR) is 168 cm³/mol. The summed E-state index contributed by atoms with van der Waals surface area (Å²) in [4.78, 5) is 25.7. The Balaban J connectivity index is 1.69. The van der Waals surface area contributed by atoms with Gasteiger partial charge in [0, 0.05) is 29.3 Å². The molecule has 216 valence electrons. The molecule has 2 aliphatic rings. The fourth-order valence-electron chi connectivity index (χ4n) is 7.43. The lowest BCUT2D eigenvalue weighted by atomic mass is 9.73.